The summed E-state index contributed by atoms with van der Waals surface area (Å²) in [6.07, 6.45) is 8.61. The molecule has 3 nitrogen and oxygen atoms in total. The molecule has 0 aromatic heterocycles. The standard InChI is InChI=1S/C17H30O3/c1-13(15-8-5-9-17(2,3)12-15)19-10-11-20-16(18)14-6-4-7-14/h13-15H,4-12H2,1-3H3. The van der Waals surface area contributed by atoms with E-state index in [0.29, 0.717) is 24.5 Å². The summed E-state index contributed by atoms with van der Waals surface area (Å²) < 4.78 is 11.1. The Balaban J connectivity index is 1.59. The summed E-state index contributed by atoms with van der Waals surface area (Å²) in [6.45, 7) is 7.82. The van der Waals surface area contributed by atoms with Crippen LogP contribution in [0.25, 0.3) is 0 Å². The van der Waals surface area contributed by atoms with Gasteiger partial charge >= 0.3 is 5.97 Å². The monoisotopic (exact) mass is 282 g/mol. The van der Waals surface area contributed by atoms with Crippen molar-refractivity contribution in [3.8, 4) is 0 Å². The summed E-state index contributed by atoms with van der Waals surface area (Å²) in [5, 5.41) is 0. The van der Waals surface area contributed by atoms with Crippen LogP contribution in [0.1, 0.15) is 65.7 Å². The molecule has 2 aliphatic rings. The van der Waals surface area contributed by atoms with Crippen molar-refractivity contribution in [1.82, 2.24) is 0 Å². The van der Waals surface area contributed by atoms with Crippen LogP contribution in [0.3, 0.4) is 0 Å². The fourth-order valence-electron chi connectivity index (χ4n) is 3.43. The fraction of sp³-hybridized carbons (Fsp3) is 0.941. The zero-order chi connectivity index (χ0) is 14.6. The number of ether oxygens (including phenoxy) is 2. The van der Waals surface area contributed by atoms with Gasteiger partial charge in [0.25, 0.3) is 0 Å². The van der Waals surface area contributed by atoms with E-state index in [1.807, 2.05) is 0 Å². The zero-order valence-electron chi connectivity index (χ0n) is 13.3. The van der Waals surface area contributed by atoms with Crippen LogP contribution in [0.2, 0.25) is 0 Å². The largest absolute Gasteiger partial charge is 0.463 e. The number of carbonyl (C=O) groups excluding carboxylic acids is 1. The van der Waals surface area contributed by atoms with E-state index in [1.165, 1.54) is 32.1 Å². The van der Waals surface area contributed by atoms with Gasteiger partial charge in [-0.25, -0.2) is 0 Å². The second-order valence-corrected chi connectivity index (χ2v) is 7.39. The molecule has 0 bridgehead atoms. The van der Waals surface area contributed by atoms with Gasteiger partial charge < -0.3 is 9.47 Å². The van der Waals surface area contributed by atoms with E-state index in [0.717, 1.165) is 12.8 Å². The third-order valence-electron chi connectivity index (χ3n) is 5.05. The van der Waals surface area contributed by atoms with E-state index in [-0.39, 0.29) is 18.0 Å². The van der Waals surface area contributed by atoms with Crippen LogP contribution in [0, 0.1) is 17.3 Å². The summed E-state index contributed by atoms with van der Waals surface area (Å²) >= 11 is 0. The highest BCUT2D eigenvalue weighted by molar-refractivity contribution is 5.73. The molecule has 2 atom stereocenters. The van der Waals surface area contributed by atoms with Crippen LogP contribution < -0.4 is 0 Å². The summed E-state index contributed by atoms with van der Waals surface area (Å²) in [6, 6.07) is 0. The number of carbonyl (C=O) groups is 1. The third kappa shape index (κ3) is 4.47. The Labute approximate surface area is 123 Å². The van der Waals surface area contributed by atoms with Gasteiger partial charge in [0.2, 0.25) is 0 Å². The third-order valence-corrected chi connectivity index (χ3v) is 5.05. The van der Waals surface area contributed by atoms with Crippen LogP contribution in [0.5, 0.6) is 0 Å². The molecule has 0 N–H and O–H groups in total. The number of hydrogen-bond donors (Lipinski definition) is 0. The first-order valence-corrected chi connectivity index (χ1v) is 8.26. The molecule has 0 aliphatic heterocycles. The van der Waals surface area contributed by atoms with Gasteiger partial charge in [-0.15, -0.1) is 0 Å². The Morgan fingerprint density at radius 3 is 2.55 bits per heavy atom. The van der Waals surface area contributed by atoms with Crippen molar-refractivity contribution < 1.29 is 14.3 Å². The Hall–Kier alpha value is -0.570. The molecule has 2 saturated carbocycles. The SMILES string of the molecule is CC(OCCOC(=O)C1CCC1)C1CCCC(C)(C)C1. The Bertz CT molecular complexity index is 320. The van der Waals surface area contributed by atoms with E-state index >= 15 is 0 Å². The normalized spacial score (nSPS) is 27.6. The first-order valence-electron chi connectivity index (χ1n) is 8.26. The second-order valence-electron chi connectivity index (χ2n) is 7.39. The maximum atomic E-state index is 11.6. The minimum absolute atomic E-state index is 0.0219. The van der Waals surface area contributed by atoms with Gasteiger partial charge in [-0.05, 0) is 50.4 Å². The summed E-state index contributed by atoms with van der Waals surface area (Å²) in [5.41, 5.74) is 0.456. The number of rotatable bonds is 6. The minimum Gasteiger partial charge on any atom is -0.463 e. The maximum absolute atomic E-state index is 11.6. The molecule has 2 fully saturated rings. The van der Waals surface area contributed by atoms with Crippen LogP contribution >= 0.6 is 0 Å². The molecular weight excluding hydrogens is 252 g/mol. The summed E-state index contributed by atoms with van der Waals surface area (Å²) in [7, 11) is 0. The zero-order valence-corrected chi connectivity index (χ0v) is 13.3. The van der Waals surface area contributed by atoms with Crippen molar-refractivity contribution in [2.45, 2.75) is 71.8 Å². The minimum atomic E-state index is -0.0219. The highest BCUT2D eigenvalue weighted by atomic mass is 16.6. The first kappa shape index (κ1) is 15.8. The lowest BCUT2D eigenvalue weighted by Crippen LogP contribution is -2.32. The van der Waals surface area contributed by atoms with E-state index < -0.39 is 0 Å². The molecule has 2 rings (SSSR count). The second kappa shape index (κ2) is 6.93. The Morgan fingerprint density at radius 1 is 1.20 bits per heavy atom. The van der Waals surface area contributed by atoms with Gasteiger partial charge in [0.1, 0.15) is 6.61 Å². The number of hydrogen-bond acceptors (Lipinski definition) is 3. The lowest BCUT2D eigenvalue weighted by molar-refractivity contribution is -0.154. The van der Waals surface area contributed by atoms with Crippen molar-refractivity contribution in [2.75, 3.05) is 13.2 Å². The fourth-order valence-corrected chi connectivity index (χ4v) is 3.43. The molecule has 0 saturated heterocycles. The lowest BCUT2D eigenvalue weighted by Gasteiger charge is -2.37. The van der Waals surface area contributed by atoms with E-state index in [9.17, 15) is 4.79 Å². The summed E-state index contributed by atoms with van der Waals surface area (Å²) in [4.78, 5) is 11.6. The quantitative estimate of drug-likeness (QED) is 0.546. The molecule has 116 valence electrons. The molecular formula is C17H30O3. The maximum Gasteiger partial charge on any atom is 0.309 e. The molecule has 0 aromatic carbocycles. The summed E-state index contributed by atoms with van der Waals surface area (Å²) in [5.74, 6) is 0.805. The van der Waals surface area contributed by atoms with E-state index in [2.05, 4.69) is 20.8 Å². The molecule has 0 aromatic rings. The predicted molar refractivity (Wildman–Crippen MR) is 79.5 cm³/mol. The molecule has 3 heteroatoms. The molecule has 2 aliphatic carbocycles. The molecule has 2 unspecified atom stereocenters. The molecule has 0 heterocycles. The molecule has 0 amide bonds. The average Bonchev–Trinajstić information content (AvgIpc) is 2.31. The molecule has 20 heavy (non-hydrogen) atoms. The van der Waals surface area contributed by atoms with Crippen molar-refractivity contribution in [1.29, 1.82) is 0 Å². The van der Waals surface area contributed by atoms with Crippen molar-refractivity contribution in [3.63, 3.8) is 0 Å². The Morgan fingerprint density at radius 2 is 1.95 bits per heavy atom. The molecule has 0 radical (unpaired) electrons. The van der Waals surface area contributed by atoms with Crippen LogP contribution in [0.15, 0.2) is 0 Å². The van der Waals surface area contributed by atoms with E-state index in [1.54, 1.807) is 0 Å². The van der Waals surface area contributed by atoms with Crippen LogP contribution in [0.4, 0.5) is 0 Å². The van der Waals surface area contributed by atoms with E-state index in [4.69, 9.17) is 9.47 Å². The van der Waals surface area contributed by atoms with Crippen molar-refractivity contribution in [3.05, 3.63) is 0 Å². The first-order chi connectivity index (χ1) is 9.48. The topological polar surface area (TPSA) is 35.5 Å². The lowest BCUT2D eigenvalue weighted by atomic mass is 9.71. The van der Waals surface area contributed by atoms with Crippen molar-refractivity contribution in [2.24, 2.45) is 17.3 Å². The van der Waals surface area contributed by atoms with Gasteiger partial charge in [-0.2, -0.15) is 0 Å². The highest BCUT2D eigenvalue weighted by Crippen LogP contribution is 2.40. The van der Waals surface area contributed by atoms with Gasteiger partial charge in [0, 0.05) is 0 Å². The Kier molecular flexibility index (Phi) is 5.48. The smallest absolute Gasteiger partial charge is 0.309 e. The van der Waals surface area contributed by atoms with Crippen LogP contribution in [-0.2, 0) is 14.3 Å². The highest BCUT2D eigenvalue weighted by Gasteiger charge is 2.31. The predicted octanol–water partition coefficient (Wildman–Crippen LogP) is 3.95. The number of esters is 1. The average molecular weight is 282 g/mol. The van der Waals surface area contributed by atoms with Crippen LogP contribution in [-0.4, -0.2) is 25.3 Å². The van der Waals surface area contributed by atoms with Gasteiger partial charge in [0.05, 0.1) is 18.6 Å². The van der Waals surface area contributed by atoms with Gasteiger partial charge in [0.15, 0.2) is 0 Å². The van der Waals surface area contributed by atoms with Crippen molar-refractivity contribution >= 4 is 5.97 Å². The van der Waals surface area contributed by atoms with Gasteiger partial charge in [-0.3, -0.25) is 4.79 Å². The molecule has 0 spiro atoms. The van der Waals surface area contributed by atoms with Gasteiger partial charge in [-0.1, -0.05) is 26.7 Å².